The number of aryl methyl sites for hydroxylation is 2. The summed E-state index contributed by atoms with van der Waals surface area (Å²) in [6.07, 6.45) is 1.67. The summed E-state index contributed by atoms with van der Waals surface area (Å²) in [7, 11) is 0. The Hall–Kier alpha value is -3.14. The predicted octanol–water partition coefficient (Wildman–Crippen LogP) is 4.69. The van der Waals surface area contributed by atoms with Crippen molar-refractivity contribution in [2.24, 2.45) is 0 Å². The second kappa shape index (κ2) is 6.96. The summed E-state index contributed by atoms with van der Waals surface area (Å²) in [5.74, 6) is -0.223. The van der Waals surface area contributed by atoms with Crippen LogP contribution in [0.15, 0.2) is 66.9 Å². The molecule has 2 N–H and O–H groups in total. The lowest BCUT2D eigenvalue weighted by Gasteiger charge is -2.10. The number of benzene rings is 2. The number of nitrogens with one attached hydrogen (secondary N) is 2. The van der Waals surface area contributed by atoms with Gasteiger partial charge >= 0.3 is 0 Å². The highest BCUT2D eigenvalue weighted by Crippen LogP contribution is 2.21. The van der Waals surface area contributed by atoms with Crippen LogP contribution in [0.4, 0.5) is 17.1 Å². The number of nitrogens with zero attached hydrogens (tertiary/aromatic N) is 1. The van der Waals surface area contributed by atoms with Crippen LogP contribution in [-0.2, 0) is 0 Å². The molecule has 0 radical (unpaired) electrons. The fourth-order valence-corrected chi connectivity index (χ4v) is 2.43. The number of carbonyl (C=O) groups is 1. The van der Waals surface area contributed by atoms with Gasteiger partial charge in [0.2, 0.25) is 0 Å². The molecular weight excluding hydrogens is 298 g/mol. The van der Waals surface area contributed by atoms with Crippen molar-refractivity contribution >= 4 is 23.0 Å². The molecular formula is C20H19N3O. The minimum absolute atomic E-state index is 0.223. The van der Waals surface area contributed by atoms with E-state index in [9.17, 15) is 4.79 Å². The standard InChI is InChI=1S/C20H19N3O/c1-14-8-10-18(15(2)12-14)22-17-9-11-19(21-13-17)20(24)23-16-6-4-3-5-7-16/h3-13,22H,1-2H3,(H,23,24). The Morgan fingerprint density at radius 3 is 2.38 bits per heavy atom. The fourth-order valence-electron chi connectivity index (χ4n) is 2.43. The lowest BCUT2D eigenvalue weighted by molar-refractivity contribution is 0.102. The zero-order valence-electron chi connectivity index (χ0n) is 13.7. The lowest BCUT2D eigenvalue weighted by Crippen LogP contribution is -2.13. The third kappa shape index (κ3) is 3.79. The van der Waals surface area contributed by atoms with Gasteiger partial charge in [-0.05, 0) is 49.7 Å². The average Bonchev–Trinajstić information content (AvgIpc) is 2.59. The Kier molecular flexibility index (Phi) is 4.57. The first-order valence-electron chi connectivity index (χ1n) is 7.78. The highest BCUT2D eigenvalue weighted by Gasteiger charge is 2.08. The minimum Gasteiger partial charge on any atom is -0.354 e. The Morgan fingerprint density at radius 1 is 0.917 bits per heavy atom. The number of hydrogen-bond acceptors (Lipinski definition) is 3. The van der Waals surface area contributed by atoms with Crippen LogP contribution in [-0.4, -0.2) is 10.9 Å². The molecule has 0 aliphatic heterocycles. The maximum atomic E-state index is 12.2. The monoisotopic (exact) mass is 317 g/mol. The van der Waals surface area contributed by atoms with E-state index in [1.807, 2.05) is 42.5 Å². The summed E-state index contributed by atoms with van der Waals surface area (Å²) >= 11 is 0. The van der Waals surface area contributed by atoms with Gasteiger partial charge in [-0.2, -0.15) is 0 Å². The molecule has 3 rings (SSSR count). The average molecular weight is 317 g/mol. The molecule has 0 atom stereocenters. The molecule has 4 heteroatoms. The fraction of sp³-hybridized carbons (Fsp3) is 0.100. The molecule has 0 saturated heterocycles. The smallest absolute Gasteiger partial charge is 0.274 e. The normalized spacial score (nSPS) is 10.2. The third-order valence-electron chi connectivity index (χ3n) is 3.69. The topological polar surface area (TPSA) is 54.0 Å². The van der Waals surface area contributed by atoms with Gasteiger partial charge < -0.3 is 10.6 Å². The van der Waals surface area contributed by atoms with E-state index in [-0.39, 0.29) is 5.91 Å². The highest BCUT2D eigenvalue weighted by atomic mass is 16.1. The van der Waals surface area contributed by atoms with E-state index in [1.165, 1.54) is 11.1 Å². The first-order valence-corrected chi connectivity index (χ1v) is 7.78. The van der Waals surface area contributed by atoms with Gasteiger partial charge in [0.15, 0.2) is 0 Å². The van der Waals surface area contributed by atoms with E-state index in [1.54, 1.807) is 12.3 Å². The van der Waals surface area contributed by atoms with Crippen LogP contribution in [0.1, 0.15) is 21.6 Å². The van der Waals surface area contributed by atoms with E-state index in [2.05, 4.69) is 41.6 Å². The largest absolute Gasteiger partial charge is 0.354 e. The number of anilines is 3. The molecule has 1 heterocycles. The van der Waals surface area contributed by atoms with Crippen molar-refractivity contribution in [1.82, 2.24) is 4.98 Å². The first kappa shape index (κ1) is 15.7. The second-order valence-corrected chi connectivity index (χ2v) is 5.70. The van der Waals surface area contributed by atoms with Crippen LogP contribution < -0.4 is 10.6 Å². The SMILES string of the molecule is Cc1ccc(Nc2ccc(C(=O)Nc3ccccc3)nc2)c(C)c1. The Labute approximate surface area is 141 Å². The van der Waals surface area contributed by atoms with E-state index in [0.29, 0.717) is 5.69 Å². The Bertz CT molecular complexity index is 843. The van der Waals surface area contributed by atoms with Gasteiger partial charge in [0.25, 0.3) is 5.91 Å². The van der Waals surface area contributed by atoms with Crippen molar-refractivity contribution in [1.29, 1.82) is 0 Å². The van der Waals surface area contributed by atoms with Crippen molar-refractivity contribution in [2.45, 2.75) is 13.8 Å². The van der Waals surface area contributed by atoms with Crippen LogP contribution in [0.2, 0.25) is 0 Å². The number of aromatic nitrogens is 1. The second-order valence-electron chi connectivity index (χ2n) is 5.70. The summed E-state index contributed by atoms with van der Waals surface area (Å²) in [4.78, 5) is 16.4. The molecule has 24 heavy (non-hydrogen) atoms. The quantitative estimate of drug-likeness (QED) is 0.733. The maximum absolute atomic E-state index is 12.2. The van der Waals surface area contributed by atoms with Gasteiger partial charge in [-0.15, -0.1) is 0 Å². The van der Waals surface area contributed by atoms with Crippen molar-refractivity contribution in [3.63, 3.8) is 0 Å². The number of pyridine rings is 1. The predicted molar refractivity (Wildman–Crippen MR) is 97.8 cm³/mol. The summed E-state index contributed by atoms with van der Waals surface area (Å²) < 4.78 is 0. The first-order chi connectivity index (χ1) is 11.6. The summed E-state index contributed by atoms with van der Waals surface area (Å²) in [6, 6.07) is 19.1. The Morgan fingerprint density at radius 2 is 1.71 bits per heavy atom. The molecule has 0 spiro atoms. The van der Waals surface area contributed by atoms with E-state index in [0.717, 1.165) is 17.1 Å². The molecule has 0 saturated carbocycles. The van der Waals surface area contributed by atoms with Gasteiger partial charge in [-0.3, -0.25) is 4.79 Å². The zero-order valence-corrected chi connectivity index (χ0v) is 13.7. The van der Waals surface area contributed by atoms with Gasteiger partial charge in [-0.25, -0.2) is 4.98 Å². The molecule has 0 bridgehead atoms. The number of carbonyl (C=O) groups excluding carboxylic acids is 1. The lowest BCUT2D eigenvalue weighted by atomic mass is 10.1. The van der Waals surface area contributed by atoms with Crippen molar-refractivity contribution in [3.05, 3.63) is 83.7 Å². The summed E-state index contributed by atoms with van der Waals surface area (Å²) in [6.45, 7) is 4.13. The molecule has 1 aromatic heterocycles. The maximum Gasteiger partial charge on any atom is 0.274 e. The van der Waals surface area contributed by atoms with Crippen LogP contribution in [0.5, 0.6) is 0 Å². The molecule has 0 aliphatic carbocycles. The van der Waals surface area contributed by atoms with Gasteiger partial charge in [0.05, 0.1) is 11.9 Å². The van der Waals surface area contributed by atoms with E-state index >= 15 is 0 Å². The van der Waals surface area contributed by atoms with E-state index < -0.39 is 0 Å². The molecule has 4 nitrogen and oxygen atoms in total. The summed E-state index contributed by atoms with van der Waals surface area (Å²) in [5.41, 5.74) is 5.40. The number of rotatable bonds is 4. The molecule has 1 amide bonds. The third-order valence-corrected chi connectivity index (χ3v) is 3.69. The zero-order chi connectivity index (χ0) is 16.9. The van der Waals surface area contributed by atoms with Gasteiger partial charge in [0, 0.05) is 11.4 Å². The number of para-hydroxylation sites is 1. The molecule has 2 aromatic carbocycles. The van der Waals surface area contributed by atoms with E-state index in [4.69, 9.17) is 0 Å². The number of hydrogen-bond donors (Lipinski definition) is 2. The van der Waals surface area contributed by atoms with Gasteiger partial charge in [0.1, 0.15) is 5.69 Å². The van der Waals surface area contributed by atoms with Gasteiger partial charge in [-0.1, -0.05) is 35.9 Å². The molecule has 0 unspecified atom stereocenters. The van der Waals surface area contributed by atoms with Crippen LogP contribution in [0.25, 0.3) is 0 Å². The van der Waals surface area contributed by atoms with Crippen LogP contribution in [0, 0.1) is 13.8 Å². The molecule has 120 valence electrons. The highest BCUT2D eigenvalue weighted by molar-refractivity contribution is 6.02. The van der Waals surface area contributed by atoms with Crippen LogP contribution in [0.3, 0.4) is 0 Å². The van der Waals surface area contributed by atoms with Crippen molar-refractivity contribution < 1.29 is 4.79 Å². The number of amides is 1. The van der Waals surface area contributed by atoms with Crippen LogP contribution >= 0.6 is 0 Å². The molecule has 0 aliphatic rings. The van der Waals surface area contributed by atoms with Crippen molar-refractivity contribution in [2.75, 3.05) is 10.6 Å². The molecule has 0 fully saturated rings. The molecule has 3 aromatic rings. The summed E-state index contributed by atoms with van der Waals surface area (Å²) in [5, 5.41) is 6.14. The minimum atomic E-state index is -0.223. The Balaban J connectivity index is 1.70. The van der Waals surface area contributed by atoms with Crippen molar-refractivity contribution in [3.8, 4) is 0 Å².